The van der Waals surface area contributed by atoms with E-state index >= 15 is 0 Å². The van der Waals surface area contributed by atoms with Gasteiger partial charge in [-0.05, 0) is 59.5 Å². The van der Waals surface area contributed by atoms with E-state index in [4.69, 9.17) is 0 Å². The predicted octanol–water partition coefficient (Wildman–Crippen LogP) is 4.65. The van der Waals surface area contributed by atoms with Crippen molar-refractivity contribution < 1.29 is 10.2 Å². The van der Waals surface area contributed by atoms with Gasteiger partial charge in [0, 0.05) is 16.2 Å². The number of phenols is 1. The second-order valence-corrected chi connectivity index (χ2v) is 6.83. The zero-order chi connectivity index (χ0) is 14.7. The van der Waals surface area contributed by atoms with E-state index in [0.717, 1.165) is 11.3 Å². The Morgan fingerprint density at radius 2 is 1.43 bits per heavy atom. The van der Waals surface area contributed by atoms with Gasteiger partial charge in [-0.1, -0.05) is 18.2 Å². The molecule has 1 atom stereocenters. The Hall–Kier alpha value is -2.26. The summed E-state index contributed by atoms with van der Waals surface area (Å²) in [6.07, 6.45) is 6.31. The van der Waals surface area contributed by atoms with Crippen molar-refractivity contribution in [3.8, 4) is 5.75 Å². The first-order valence-corrected chi connectivity index (χ1v) is 7.98. The van der Waals surface area contributed by atoms with E-state index in [1.807, 2.05) is 42.5 Å². The third kappa shape index (κ3) is 3.09. The Labute approximate surface area is 126 Å². The van der Waals surface area contributed by atoms with Crippen molar-refractivity contribution in [3.63, 3.8) is 0 Å². The Morgan fingerprint density at radius 1 is 0.762 bits per heavy atom. The van der Waals surface area contributed by atoms with E-state index in [9.17, 15) is 10.2 Å². The van der Waals surface area contributed by atoms with Crippen LogP contribution in [-0.4, -0.2) is 15.1 Å². The highest BCUT2D eigenvalue weighted by Gasteiger charge is 2.10. The highest BCUT2D eigenvalue weighted by molar-refractivity contribution is 8.16. The van der Waals surface area contributed by atoms with E-state index in [1.54, 1.807) is 18.2 Å². The monoisotopic (exact) mass is 296 g/mol. The van der Waals surface area contributed by atoms with Crippen LogP contribution < -0.4 is 0 Å². The van der Waals surface area contributed by atoms with Gasteiger partial charge < -0.3 is 10.2 Å². The van der Waals surface area contributed by atoms with Crippen LogP contribution in [0.2, 0.25) is 0 Å². The lowest BCUT2D eigenvalue weighted by atomic mass is 10.2. The van der Waals surface area contributed by atoms with Gasteiger partial charge in [-0.25, -0.2) is 0 Å². The summed E-state index contributed by atoms with van der Waals surface area (Å²) in [7, 11) is -0.198. The van der Waals surface area contributed by atoms with Crippen LogP contribution in [-0.2, 0) is 0 Å². The van der Waals surface area contributed by atoms with Crippen LogP contribution in [0.25, 0.3) is 0 Å². The van der Waals surface area contributed by atoms with Crippen LogP contribution in [0.15, 0.2) is 88.4 Å². The number of hydrogen-bond donors (Lipinski definition) is 2. The van der Waals surface area contributed by atoms with Gasteiger partial charge in [0.1, 0.15) is 11.5 Å². The highest BCUT2D eigenvalue weighted by Crippen LogP contribution is 2.39. The first-order valence-electron chi connectivity index (χ1n) is 6.75. The molecule has 2 aromatic carbocycles. The van der Waals surface area contributed by atoms with Gasteiger partial charge in [0.15, 0.2) is 0 Å². The average Bonchev–Trinajstić information content (AvgIpc) is 2.52. The summed E-state index contributed by atoms with van der Waals surface area (Å²) in [6.45, 7) is 0. The molecule has 0 amide bonds. The van der Waals surface area contributed by atoms with Gasteiger partial charge in [0.05, 0.1) is 0 Å². The van der Waals surface area contributed by atoms with Gasteiger partial charge in [-0.2, -0.15) is 0 Å². The fourth-order valence-corrected chi connectivity index (χ4v) is 4.42. The molecule has 0 aliphatic heterocycles. The van der Waals surface area contributed by atoms with E-state index < -0.39 is 0 Å². The molecular weight excluding hydrogens is 280 g/mol. The number of aromatic hydroxyl groups is 1. The minimum absolute atomic E-state index is 0.198. The zero-order valence-corrected chi connectivity index (χ0v) is 12.3. The summed E-state index contributed by atoms with van der Waals surface area (Å²) in [4.78, 5) is 3.65. The number of aliphatic hydroxyl groups is 1. The lowest BCUT2D eigenvalue weighted by Gasteiger charge is -2.16. The molecule has 0 spiro atoms. The van der Waals surface area contributed by atoms with Crippen molar-refractivity contribution in [2.24, 2.45) is 0 Å². The summed E-state index contributed by atoms with van der Waals surface area (Å²) in [5.41, 5.74) is 0. The molecule has 3 heteroatoms. The summed E-state index contributed by atoms with van der Waals surface area (Å²) in [5.74, 6) is 0.596. The van der Waals surface area contributed by atoms with Crippen molar-refractivity contribution in [1.29, 1.82) is 0 Å². The van der Waals surface area contributed by atoms with Crippen LogP contribution in [0.5, 0.6) is 5.75 Å². The molecule has 2 aromatic rings. The first kappa shape index (κ1) is 13.7. The largest absolute Gasteiger partial charge is 0.508 e. The smallest absolute Gasteiger partial charge is 0.115 e. The normalized spacial score (nSPS) is 17.3. The standard InChI is InChI=1S/C18H16O2S/c19-14-6-10-17(11-7-14)21(16-4-2-1-3-5-16)18-12-8-15(20)9-13-18/h1-12,19-20H,13H2. The Balaban J connectivity index is 2.15. The van der Waals surface area contributed by atoms with Gasteiger partial charge in [0.2, 0.25) is 0 Å². The van der Waals surface area contributed by atoms with Crippen LogP contribution in [0.4, 0.5) is 0 Å². The minimum Gasteiger partial charge on any atom is -0.508 e. The topological polar surface area (TPSA) is 40.5 Å². The molecule has 0 radical (unpaired) electrons. The maximum absolute atomic E-state index is 9.52. The maximum Gasteiger partial charge on any atom is 0.115 e. The van der Waals surface area contributed by atoms with E-state index in [-0.39, 0.29) is 16.2 Å². The molecule has 1 aliphatic carbocycles. The van der Waals surface area contributed by atoms with Crippen molar-refractivity contribution in [1.82, 2.24) is 0 Å². The van der Waals surface area contributed by atoms with E-state index in [1.165, 1.54) is 9.76 Å². The van der Waals surface area contributed by atoms with Crippen molar-refractivity contribution >= 4 is 15.3 Å². The molecule has 2 nitrogen and oxygen atoms in total. The molecular formula is C18H16O2S. The van der Waals surface area contributed by atoms with Crippen LogP contribution in [0.1, 0.15) is 6.42 Å². The first-order chi connectivity index (χ1) is 10.2. The molecule has 2 N–H and O–H groups in total. The predicted molar refractivity (Wildman–Crippen MR) is 88.1 cm³/mol. The SMILES string of the molecule is OC1=CC/C(=S(\c2ccccc2)c2ccc(O)cc2)C=C1. The maximum atomic E-state index is 9.52. The molecule has 0 saturated heterocycles. The summed E-state index contributed by atoms with van der Waals surface area (Å²) >= 11 is 0. The fourth-order valence-electron chi connectivity index (χ4n) is 2.25. The van der Waals surface area contributed by atoms with E-state index in [0.29, 0.717) is 5.76 Å². The average molecular weight is 296 g/mol. The second kappa shape index (κ2) is 6.02. The zero-order valence-electron chi connectivity index (χ0n) is 11.4. The van der Waals surface area contributed by atoms with Gasteiger partial charge in [0.25, 0.3) is 0 Å². The van der Waals surface area contributed by atoms with E-state index in [2.05, 4.69) is 12.1 Å². The fraction of sp³-hybridized carbons (Fsp3) is 0.0556. The molecule has 106 valence electrons. The third-order valence-electron chi connectivity index (χ3n) is 3.27. The lowest BCUT2D eigenvalue weighted by molar-refractivity contribution is 0.430. The number of phenolic OH excluding ortho intramolecular Hbond substituents is 1. The van der Waals surface area contributed by atoms with Crippen molar-refractivity contribution in [2.45, 2.75) is 16.2 Å². The van der Waals surface area contributed by atoms with Crippen LogP contribution in [0, 0.1) is 0 Å². The lowest BCUT2D eigenvalue weighted by Crippen LogP contribution is -1.99. The summed E-state index contributed by atoms with van der Waals surface area (Å²) < 4.78 is 0. The molecule has 0 heterocycles. The molecule has 3 rings (SSSR count). The van der Waals surface area contributed by atoms with Gasteiger partial charge >= 0.3 is 0 Å². The highest BCUT2D eigenvalue weighted by atomic mass is 32.2. The number of hydrogen-bond acceptors (Lipinski definition) is 2. The van der Waals surface area contributed by atoms with Crippen LogP contribution >= 0.6 is 10.5 Å². The number of rotatable bonds is 2. The Morgan fingerprint density at radius 3 is 2.05 bits per heavy atom. The number of aliphatic hydroxyl groups excluding tert-OH is 1. The number of allylic oxidation sites excluding steroid dienone is 3. The molecule has 21 heavy (non-hydrogen) atoms. The van der Waals surface area contributed by atoms with Crippen molar-refractivity contribution in [3.05, 3.63) is 78.6 Å². The Bertz CT molecular complexity index is 726. The van der Waals surface area contributed by atoms with Gasteiger partial charge in [-0.3, -0.25) is 0 Å². The summed E-state index contributed by atoms with van der Waals surface area (Å²) in [5, 5.41) is 19.0. The molecule has 1 aliphatic rings. The van der Waals surface area contributed by atoms with Crippen LogP contribution in [0.3, 0.4) is 0 Å². The second-order valence-electron chi connectivity index (χ2n) is 4.75. The molecule has 0 bridgehead atoms. The molecule has 0 fully saturated rings. The minimum atomic E-state index is -0.198. The summed E-state index contributed by atoms with van der Waals surface area (Å²) in [6, 6.07) is 17.7. The molecule has 0 saturated carbocycles. The van der Waals surface area contributed by atoms with Crippen molar-refractivity contribution in [2.75, 3.05) is 0 Å². The molecule has 1 unspecified atom stereocenters. The molecule has 0 aromatic heterocycles. The third-order valence-corrected chi connectivity index (χ3v) is 5.58. The quantitative estimate of drug-likeness (QED) is 0.792. The Kier molecular flexibility index (Phi) is 3.93. The van der Waals surface area contributed by atoms with Gasteiger partial charge in [-0.15, -0.1) is 10.5 Å². The number of benzene rings is 2.